The average Bonchev–Trinajstić information content (AvgIpc) is 2.60. The number of pyridine rings is 1. The van der Waals surface area contributed by atoms with Crippen molar-refractivity contribution >= 4 is 5.91 Å². The topological polar surface area (TPSA) is 42.4 Å². The fourth-order valence-electron chi connectivity index (χ4n) is 2.76. The predicted molar refractivity (Wildman–Crippen MR) is 91.1 cm³/mol. The summed E-state index contributed by atoms with van der Waals surface area (Å²) in [5.74, 6) is -0.257. The minimum absolute atomic E-state index is 0.00446. The van der Waals surface area contributed by atoms with Gasteiger partial charge in [0, 0.05) is 26.0 Å². The zero-order valence-corrected chi connectivity index (χ0v) is 14.3. The fraction of sp³-hybridized carbons (Fsp3) is 0.368. The molecule has 0 fully saturated rings. The highest BCUT2D eigenvalue weighted by Crippen LogP contribution is 2.29. The van der Waals surface area contributed by atoms with E-state index in [1.165, 1.54) is 6.07 Å². The lowest BCUT2D eigenvalue weighted by atomic mass is 9.96. The Morgan fingerprint density at radius 1 is 1.33 bits per heavy atom. The molecule has 4 nitrogen and oxygen atoms in total. The van der Waals surface area contributed by atoms with Crippen LogP contribution in [0.4, 0.5) is 4.39 Å². The van der Waals surface area contributed by atoms with Gasteiger partial charge in [0.25, 0.3) is 0 Å². The molecular weight excluding hydrogens is 307 g/mol. The van der Waals surface area contributed by atoms with E-state index in [1.54, 1.807) is 43.5 Å². The van der Waals surface area contributed by atoms with E-state index in [2.05, 4.69) is 4.98 Å². The molecule has 128 valence electrons. The van der Waals surface area contributed by atoms with E-state index in [9.17, 15) is 9.18 Å². The summed E-state index contributed by atoms with van der Waals surface area (Å²) >= 11 is 0. The highest BCUT2D eigenvalue weighted by atomic mass is 19.1. The summed E-state index contributed by atoms with van der Waals surface area (Å²) in [5.41, 5.74) is 2.33. The van der Waals surface area contributed by atoms with Gasteiger partial charge in [-0.1, -0.05) is 18.2 Å². The molecule has 0 aliphatic heterocycles. The van der Waals surface area contributed by atoms with Crippen LogP contribution in [0.25, 0.3) is 0 Å². The highest BCUT2D eigenvalue weighted by molar-refractivity contribution is 5.77. The SMILES string of the molecule is CCN(C(=O)CCOC)C(c1cccnc1)c1ccc(F)c(C)c1. The van der Waals surface area contributed by atoms with Gasteiger partial charge in [-0.25, -0.2) is 4.39 Å². The summed E-state index contributed by atoms with van der Waals surface area (Å²) in [4.78, 5) is 18.6. The van der Waals surface area contributed by atoms with Gasteiger partial charge in [0.05, 0.1) is 19.1 Å². The smallest absolute Gasteiger partial charge is 0.225 e. The molecule has 1 heterocycles. The molecule has 2 aromatic rings. The average molecular weight is 330 g/mol. The largest absolute Gasteiger partial charge is 0.384 e. The Morgan fingerprint density at radius 3 is 2.71 bits per heavy atom. The molecule has 0 aliphatic rings. The van der Waals surface area contributed by atoms with Crippen molar-refractivity contribution in [3.8, 4) is 0 Å². The van der Waals surface area contributed by atoms with Crippen molar-refractivity contribution in [3.05, 3.63) is 65.2 Å². The van der Waals surface area contributed by atoms with E-state index in [1.807, 2.05) is 19.1 Å². The first-order valence-electron chi connectivity index (χ1n) is 8.02. The molecular formula is C19H23FN2O2. The second-order valence-corrected chi connectivity index (χ2v) is 5.62. The van der Waals surface area contributed by atoms with Crippen molar-refractivity contribution in [2.75, 3.05) is 20.3 Å². The first-order chi connectivity index (χ1) is 11.6. The number of aryl methyl sites for hydroxylation is 1. The van der Waals surface area contributed by atoms with Gasteiger partial charge in [0.1, 0.15) is 5.82 Å². The van der Waals surface area contributed by atoms with E-state index >= 15 is 0 Å². The van der Waals surface area contributed by atoms with Gasteiger partial charge in [-0.2, -0.15) is 0 Å². The zero-order chi connectivity index (χ0) is 17.5. The van der Waals surface area contributed by atoms with Gasteiger partial charge in [0.15, 0.2) is 0 Å². The van der Waals surface area contributed by atoms with Crippen molar-refractivity contribution < 1.29 is 13.9 Å². The lowest BCUT2D eigenvalue weighted by molar-refractivity contribution is -0.133. The monoisotopic (exact) mass is 330 g/mol. The molecule has 0 saturated carbocycles. The molecule has 0 spiro atoms. The lowest BCUT2D eigenvalue weighted by Crippen LogP contribution is -2.36. The zero-order valence-electron chi connectivity index (χ0n) is 14.3. The number of carbonyl (C=O) groups excluding carboxylic acids is 1. The predicted octanol–water partition coefficient (Wildman–Crippen LogP) is 3.50. The third-order valence-electron chi connectivity index (χ3n) is 3.99. The van der Waals surface area contributed by atoms with Crippen molar-refractivity contribution in [1.29, 1.82) is 0 Å². The van der Waals surface area contributed by atoms with Gasteiger partial charge in [0.2, 0.25) is 5.91 Å². The molecule has 0 radical (unpaired) electrons. The Labute approximate surface area is 142 Å². The number of hydrogen-bond donors (Lipinski definition) is 0. The normalized spacial score (nSPS) is 12.0. The van der Waals surface area contributed by atoms with Crippen molar-refractivity contribution in [3.63, 3.8) is 0 Å². The van der Waals surface area contributed by atoms with Crippen LogP contribution >= 0.6 is 0 Å². The summed E-state index contributed by atoms with van der Waals surface area (Å²) in [5, 5.41) is 0. The summed E-state index contributed by atoms with van der Waals surface area (Å²) in [6.45, 7) is 4.57. The number of benzene rings is 1. The second-order valence-electron chi connectivity index (χ2n) is 5.62. The van der Waals surface area contributed by atoms with E-state index in [-0.39, 0.29) is 17.8 Å². The Kier molecular flexibility index (Phi) is 6.44. The molecule has 1 atom stereocenters. The first-order valence-corrected chi connectivity index (χ1v) is 8.02. The van der Waals surface area contributed by atoms with E-state index in [4.69, 9.17) is 4.74 Å². The van der Waals surface area contributed by atoms with Crippen molar-refractivity contribution in [2.45, 2.75) is 26.3 Å². The molecule has 0 bridgehead atoms. The number of aromatic nitrogens is 1. The Morgan fingerprint density at radius 2 is 2.12 bits per heavy atom. The molecule has 24 heavy (non-hydrogen) atoms. The van der Waals surface area contributed by atoms with E-state index in [0.29, 0.717) is 25.1 Å². The van der Waals surface area contributed by atoms with Crippen molar-refractivity contribution in [1.82, 2.24) is 9.88 Å². The minimum atomic E-state index is -0.299. The number of nitrogens with zero attached hydrogens (tertiary/aromatic N) is 2. The van der Waals surface area contributed by atoms with Crippen LogP contribution < -0.4 is 0 Å². The van der Waals surface area contributed by atoms with Crippen LogP contribution in [-0.4, -0.2) is 36.1 Å². The number of amides is 1. The third kappa shape index (κ3) is 4.17. The van der Waals surface area contributed by atoms with Crippen LogP contribution in [0.5, 0.6) is 0 Å². The quantitative estimate of drug-likeness (QED) is 0.780. The van der Waals surface area contributed by atoms with Gasteiger partial charge in [-0.05, 0) is 42.7 Å². The standard InChI is InChI=1S/C19H23FN2O2/c1-4-22(18(23)9-11-24-3)19(16-6-5-10-21-13-16)15-7-8-17(20)14(2)12-15/h5-8,10,12-13,19H,4,9,11H2,1-3H3. The number of carbonyl (C=O) groups is 1. The highest BCUT2D eigenvalue weighted by Gasteiger charge is 2.26. The lowest BCUT2D eigenvalue weighted by Gasteiger charge is -2.32. The Bertz CT molecular complexity index is 676. The molecule has 1 aromatic heterocycles. The number of halogens is 1. The van der Waals surface area contributed by atoms with Crippen LogP contribution in [0, 0.1) is 12.7 Å². The second kappa shape index (κ2) is 8.55. The summed E-state index contributed by atoms with van der Waals surface area (Å²) in [7, 11) is 1.57. The summed E-state index contributed by atoms with van der Waals surface area (Å²) in [6.07, 6.45) is 3.75. The maximum atomic E-state index is 13.7. The Balaban J connectivity index is 2.45. The molecule has 0 N–H and O–H groups in total. The van der Waals surface area contributed by atoms with Crippen LogP contribution in [0.3, 0.4) is 0 Å². The van der Waals surface area contributed by atoms with Crippen molar-refractivity contribution in [2.24, 2.45) is 0 Å². The molecule has 2 rings (SSSR count). The molecule has 0 aliphatic carbocycles. The molecule has 1 aromatic carbocycles. The summed E-state index contributed by atoms with van der Waals surface area (Å²) < 4.78 is 18.7. The third-order valence-corrected chi connectivity index (χ3v) is 3.99. The molecule has 1 amide bonds. The minimum Gasteiger partial charge on any atom is -0.384 e. The fourth-order valence-corrected chi connectivity index (χ4v) is 2.76. The molecule has 1 unspecified atom stereocenters. The van der Waals surface area contributed by atoms with Gasteiger partial charge in [-0.3, -0.25) is 9.78 Å². The maximum Gasteiger partial charge on any atom is 0.225 e. The number of methoxy groups -OCH3 is 1. The van der Waals surface area contributed by atoms with Gasteiger partial charge in [-0.15, -0.1) is 0 Å². The van der Waals surface area contributed by atoms with Crippen LogP contribution in [-0.2, 0) is 9.53 Å². The van der Waals surface area contributed by atoms with Crippen LogP contribution in [0.1, 0.15) is 36.1 Å². The van der Waals surface area contributed by atoms with Crippen LogP contribution in [0.15, 0.2) is 42.7 Å². The van der Waals surface area contributed by atoms with Crippen LogP contribution in [0.2, 0.25) is 0 Å². The number of hydrogen-bond acceptors (Lipinski definition) is 3. The van der Waals surface area contributed by atoms with E-state index < -0.39 is 0 Å². The molecule has 0 saturated heterocycles. The number of rotatable bonds is 7. The molecule has 5 heteroatoms. The van der Waals surface area contributed by atoms with Gasteiger partial charge < -0.3 is 9.64 Å². The van der Waals surface area contributed by atoms with E-state index in [0.717, 1.165) is 11.1 Å². The number of ether oxygens (including phenoxy) is 1. The van der Waals surface area contributed by atoms with Gasteiger partial charge >= 0.3 is 0 Å². The maximum absolute atomic E-state index is 13.7. The Hall–Kier alpha value is -2.27. The first kappa shape index (κ1) is 18.1. The summed E-state index contributed by atoms with van der Waals surface area (Å²) in [6, 6.07) is 8.44.